The van der Waals surface area contributed by atoms with Crippen molar-refractivity contribution in [2.75, 3.05) is 11.9 Å². The molecule has 2 heteroatoms. The number of rotatable bonds is 3. The molecule has 2 nitrogen and oxygen atoms in total. The average Bonchev–Trinajstić information content (AvgIpc) is 2.39. The number of nitrogens with zero attached hydrogens (tertiary/aromatic N) is 1. The highest BCUT2D eigenvalue weighted by Crippen LogP contribution is 2.24. The lowest BCUT2D eigenvalue weighted by atomic mass is 10.1. The summed E-state index contributed by atoms with van der Waals surface area (Å²) in [7, 11) is 2.07. The van der Waals surface area contributed by atoms with Crippen LogP contribution in [0.4, 0.5) is 11.4 Å². The van der Waals surface area contributed by atoms with Crippen molar-refractivity contribution in [3.8, 4) is 0 Å². The summed E-state index contributed by atoms with van der Waals surface area (Å²) in [6.45, 7) is 2.68. The number of aryl methyl sites for hydroxylation is 1. The van der Waals surface area contributed by atoms with Crippen LogP contribution in [0.2, 0.25) is 0 Å². The molecule has 0 aliphatic heterocycles. The zero-order chi connectivity index (χ0) is 12.3. The summed E-state index contributed by atoms with van der Waals surface area (Å²) in [5.74, 6) is 0. The van der Waals surface area contributed by atoms with E-state index in [1.807, 2.05) is 12.1 Å². The maximum atomic E-state index is 5.66. The molecule has 0 spiro atoms. The fraction of sp³-hybridized carbons (Fsp3) is 0.200. The summed E-state index contributed by atoms with van der Waals surface area (Å²) in [6.07, 6.45) is 0. The summed E-state index contributed by atoms with van der Waals surface area (Å²) in [4.78, 5) is 2.17. The second-order valence-electron chi connectivity index (χ2n) is 4.27. The van der Waals surface area contributed by atoms with E-state index >= 15 is 0 Å². The summed E-state index contributed by atoms with van der Waals surface area (Å²) in [5, 5.41) is 0. The van der Waals surface area contributed by atoms with Crippen LogP contribution in [-0.4, -0.2) is 7.05 Å². The van der Waals surface area contributed by atoms with Crippen molar-refractivity contribution in [3.63, 3.8) is 0 Å². The summed E-state index contributed by atoms with van der Waals surface area (Å²) in [6, 6.07) is 16.8. The molecule has 0 saturated heterocycles. The van der Waals surface area contributed by atoms with Gasteiger partial charge in [0.2, 0.25) is 0 Å². The maximum absolute atomic E-state index is 5.66. The third kappa shape index (κ3) is 2.66. The Hall–Kier alpha value is -1.80. The van der Waals surface area contributed by atoms with E-state index in [-0.39, 0.29) is 0 Å². The molecule has 0 fully saturated rings. The minimum absolute atomic E-state index is 0.579. The predicted molar refractivity (Wildman–Crippen MR) is 73.6 cm³/mol. The molecule has 2 aromatic carbocycles. The van der Waals surface area contributed by atoms with Gasteiger partial charge in [0.15, 0.2) is 0 Å². The quantitative estimate of drug-likeness (QED) is 0.870. The van der Waals surface area contributed by atoms with Gasteiger partial charge in [0, 0.05) is 25.0 Å². The molecular weight excluding hydrogens is 208 g/mol. The van der Waals surface area contributed by atoms with E-state index in [2.05, 4.69) is 55.3 Å². The van der Waals surface area contributed by atoms with Gasteiger partial charge >= 0.3 is 0 Å². The van der Waals surface area contributed by atoms with Gasteiger partial charge in [0.05, 0.1) is 0 Å². The third-order valence-electron chi connectivity index (χ3n) is 2.95. The normalized spacial score (nSPS) is 10.3. The summed E-state index contributed by atoms with van der Waals surface area (Å²) < 4.78 is 0. The predicted octanol–water partition coefficient (Wildman–Crippen LogP) is 3.22. The smallest absolute Gasteiger partial charge is 0.0411 e. The highest BCUT2D eigenvalue weighted by Gasteiger charge is 2.03. The molecule has 2 aromatic rings. The highest BCUT2D eigenvalue weighted by molar-refractivity contribution is 5.63. The fourth-order valence-corrected chi connectivity index (χ4v) is 1.81. The molecule has 0 saturated carbocycles. The largest absolute Gasteiger partial charge is 0.345 e. The van der Waals surface area contributed by atoms with Crippen LogP contribution >= 0.6 is 0 Å². The van der Waals surface area contributed by atoms with E-state index in [0.29, 0.717) is 6.54 Å². The van der Waals surface area contributed by atoms with Crippen LogP contribution in [-0.2, 0) is 6.54 Å². The summed E-state index contributed by atoms with van der Waals surface area (Å²) >= 11 is 0. The number of hydrogen-bond acceptors (Lipinski definition) is 2. The molecule has 0 aliphatic carbocycles. The van der Waals surface area contributed by atoms with Crippen LogP contribution in [0.1, 0.15) is 11.1 Å². The molecule has 0 heterocycles. The Labute approximate surface area is 103 Å². The van der Waals surface area contributed by atoms with E-state index < -0.39 is 0 Å². The molecule has 0 aliphatic rings. The van der Waals surface area contributed by atoms with Crippen molar-refractivity contribution < 1.29 is 0 Å². The van der Waals surface area contributed by atoms with Gasteiger partial charge in [0.25, 0.3) is 0 Å². The lowest BCUT2D eigenvalue weighted by molar-refractivity contribution is 1.06. The van der Waals surface area contributed by atoms with Gasteiger partial charge in [-0.25, -0.2) is 0 Å². The molecule has 2 rings (SSSR count). The first-order valence-electron chi connectivity index (χ1n) is 5.80. The second-order valence-corrected chi connectivity index (χ2v) is 4.27. The van der Waals surface area contributed by atoms with E-state index in [1.54, 1.807) is 0 Å². The molecule has 88 valence electrons. The van der Waals surface area contributed by atoms with Gasteiger partial charge in [-0.1, -0.05) is 29.8 Å². The Morgan fingerprint density at radius 3 is 2.35 bits per heavy atom. The Morgan fingerprint density at radius 1 is 1.00 bits per heavy atom. The number of anilines is 2. The van der Waals surface area contributed by atoms with Crippen molar-refractivity contribution in [2.24, 2.45) is 5.73 Å². The topological polar surface area (TPSA) is 29.3 Å². The first-order chi connectivity index (χ1) is 8.20. The van der Waals surface area contributed by atoms with Crippen LogP contribution < -0.4 is 10.6 Å². The monoisotopic (exact) mass is 226 g/mol. The third-order valence-corrected chi connectivity index (χ3v) is 2.95. The van der Waals surface area contributed by atoms with Gasteiger partial charge < -0.3 is 10.6 Å². The lowest BCUT2D eigenvalue weighted by Gasteiger charge is -2.20. The number of benzene rings is 2. The second kappa shape index (κ2) is 5.02. The van der Waals surface area contributed by atoms with Crippen LogP contribution in [0.15, 0.2) is 48.5 Å². The van der Waals surface area contributed by atoms with Crippen molar-refractivity contribution in [1.82, 2.24) is 0 Å². The molecular formula is C15H18N2. The van der Waals surface area contributed by atoms with Gasteiger partial charge in [-0.2, -0.15) is 0 Å². The molecule has 0 atom stereocenters. The standard InChI is InChI=1S/C15H18N2/c1-12-6-8-14(9-7-12)17(2)15-5-3-4-13(10-15)11-16/h3-10H,11,16H2,1-2H3. The van der Waals surface area contributed by atoms with Gasteiger partial charge in [-0.15, -0.1) is 0 Å². The zero-order valence-electron chi connectivity index (χ0n) is 10.4. The zero-order valence-corrected chi connectivity index (χ0v) is 10.4. The number of hydrogen-bond donors (Lipinski definition) is 1. The molecule has 17 heavy (non-hydrogen) atoms. The van der Waals surface area contributed by atoms with Crippen LogP contribution in [0.5, 0.6) is 0 Å². The lowest BCUT2D eigenvalue weighted by Crippen LogP contribution is -2.10. The van der Waals surface area contributed by atoms with E-state index in [4.69, 9.17) is 5.73 Å². The minimum Gasteiger partial charge on any atom is -0.345 e. The van der Waals surface area contributed by atoms with Gasteiger partial charge in [-0.3, -0.25) is 0 Å². The Bertz CT molecular complexity index is 489. The van der Waals surface area contributed by atoms with Crippen LogP contribution in [0.25, 0.3) is 0 Å². The Morgan fingerprint density at radius 2 is 1.71 bits per heavy atom. The van der Waals surface area contributed by atoms with Crippen molar-refractivity contribution >= 4 is 11.4 Å². The Balaban J connectivity index is 2.29. The first kappa shape index (κ1) is 11.7. The molecule has 0 amide bonds. The van der Waals surface area contributed by atoms with E-state index in [0.717, 1.165) is 11.3 Å². The molecule has 0 bridgehead atoms. The maximum Gasteiger partial charge on any atom is 0.0411 e. The summed E-state index contributed by atoms with van der Waals surface area (Å²) in [5.41, 5.74) is 10.4. The minimum atomic E-state index is 0.579. The molecule has 2 N–H and O–H groups in total. The molecule has 0 radical (unpaired) electrons. The molecule has 0 aromatic heterocycles. The van der Waals surface area contributed by atoms with E-state index in [1.165, 1.54) is 11.3 Å². The van der Waals surface area contributed by atoms with Crippen LogP contribution in [0, 0.1) is 6.92 Å². The molecule has 0 unspecified atom stereocenters. The Kier molecular flexibility index (Phi) is 3.45. The fourth-order valence-electron chi connectivity index (χ4n) is 1.81. The van der Waals surface area contributed by atoms with Crippen molar-refractivity contribution in [2.45, 2.75) is 13.5 Å². The SMILES string of the molecule is Cc1ccc(N(C)c2cccc(CN)c2)cc1. The number of nitrogens with two attached hydrogens (primary N) is 1. The van der Waals surface area contributed by atoms with Gasteiger partial charge in [-0.05, 0) is 36.8 Å². The van der Waals surface area contributed by atoms with E-state index in [9.17, 15) is 0 Å². The average molecular weight is 226 g/mol. The van der Waals surface area contributed by atoms with Crippen molar-refractivity contribution in [1.29, 1.82) is 0 Å². The first-order valence-corrected chi connectivity index (χ1v) is 5.80. The highest BCUT2D eigenvalue weighted by atomic mass is 15.1. The van der Waals surface area contributed by atoms with Crippen molar-refractivity contribution in [3.05, 3.63) is 59.7 Å². The van der Waals surface area contributed by atoms with Gasteiger partial charge in [0.1, 0.15) is 0 Å². The van der Waals surface area contributed by atoms with Crippen LogP contribution in [0.3, 0.4) is 0 Å².